The van der Waals surface area contributed by atoms with Crippen molar-refractivity contribution >= 4 is 44.0 Å². The lowest BCUT2D eigenvalue weighted by molar-refractivity contribution is 0.852. The Bertz CT molecular complexity index is 781. The van der Waals surface area contributed by atoms with Crippen molar-refractivity contribution in [3.05, 3.63) is 52.8 Å². The minimum atomic E-state index is 0.353. The van der Waals surface area contributed by atoms with Gasteiger partial charge in [-0.3, -0.25) is 0 Å². The number of halogens is 1. The van der Waals surface area contributed by atoms with Crippen molar-refractivity contribution in [2.75, 3.05) is 0 Å². The Morgan fingerprint density at radius 1 is 1.32 bits per heavy atom. The normalized spacial score (nSPS) is 10.8. The summed E-state index contributed by atoms with van der Waals surface area (Å²) in [4.78, 5) is 4.92. The Balaban J connectivity index is 2.30. The molecule has 19 heavy (non-hydrogen) atoms. The van der Waals surface area contributed by atoms with E-state index in [0.29, 0.717) is 10.8 Å². The minimum absolute atomic E-state index is 0.353. The SMILES string of the molecule is NC(=S)c1cc(-n2cc(Br)cn2)nc2ccccc12. The second-order valence-corrected chi connectivity index (χ2v) is 5.37. The zero-order valence-corrected chi connectivity index (χ0v) is 12.1. The van der Waals surface area contributed by atoms with Gasteiger partial charge in [-0.15, -0.1) is 0 Å². The standard InChI is InChI=1S/C13H9BrN4S/c14-8-6-16-18(7-8)12-5-10(13(15)19)9-3-1-2-4-11(9)17-12/h1-7H,(H2,15,19). The fourth-order valence-electron chi connectivity index (χ4n) is 1.91. The van der Waals surface area contributed by atoms with Crippen molar-refractivity contribution in [3.63, 3.8) is 0 Å². The molecular formula is C13H9BrN4S. The van der Waals surface area contributed by atoms with Gasteiger partial charge >= 0.3 is 0 Å². The third-order valence-electron chi connectivity index (χ3n) is 2.75. The number of aromatic nitrogens is 3. The third kappa shape index (κ3) is 2.24. The summed E-state index contributed by atoms with van der Waals surface area (Å²) in [5, 5.41) is 5.17. The number of hydrogen-bond acceptors (Lipinski definition) is 3. The number of para-hydroxylation sites is 1. The summed E-state index contributed by atoms with van der Waals surface area (Å²) in [5.74, 6) is 0.687. The van der Waals surface area contributed by atoms with Crippen molar-refractivity contribution in [2.24, 2.45) is 5.73 Å². The molecule has 0 unspecified atom stereocenters. The van der Waals surface area contributed by atoms with Gasteiger partial charge in [-0.05, 0) is 28.1 Å². The number of benzene rings is 1. The highest BCUT2D eigenvalue weighted by Gasteiger charge is 2.09. The van der Waals surface area contributed by atoms with E-state index in [2.05, 4.69) is 26.0 Å². The molecule has 0 saturated heterocycles. The molecule has 0 bridgehead atoms. The first kappa shape index (κ1) is 12.3. The lowest BCUT2D eigenvalue weighted by atomic mass is 10.1. The number of hydrogen-bond donors (Lipinski definition) is 1. The number of pyridine rings is 1. The number of thiocarbonyl (C=S) groups is 1. The number of fused-ring (bicyclic) bond motifs is 1. The monoisotopic (exact) mass is 332 g/mol. The van der Waals surface area contributed by atoms with Gasteiger partial charge in [0.15, 0.2) is 5.82 Å². The van der Waals surface area contributed by atoms with Crippen molar-refractivity contribution in [2.45, 2.75) is 0 Å². The summed E-state index contributed by atoms with van der Waals surface area (Å²) in [6.07, 6.45) is 3.54. The fraction of sp³-hybridized carbons (Fsp3) is 0. The van der Waals surface area contributed by atoms with Gasteiger partial charge in [-0.2, -0.15) is 5.10 Å². The quantitative estimate of drug-likeness (QED) is 0.733. The van der Waals surface area contributed by atoms with E-state index in [1.54, 1.807) is 10.9 Å². The average Bonchev–Trinajstić information content (AvgIpc) is 2.84. The Kier molecular flexibility index (Phi) is 3.04. The number of rotatable bonds is 2. The maximum atomic E-state index is 5.80. The smallest absolute Gasteiger partial charge is 0.154 e. The molecule has 0 aliphatic carbocycles. The average molecular weight is 333 g/mol. The predicted octanol–water partition coefficient (Wildman–Crippen LogP) is 2.82. The van der Waals surface area contributed by atoms with Crippen molar-refractivity contribution in [3.8, 4) is 5.82 Å². The van der Waals surface area contributed by atoms with Crippen LogP contribution in [0.2, 0.25) is 0 Å². The van der Waals surface area contributed by atoms with E-state index >= 15 is 0 Å². The molecule has 0 fully saturated rings. The third-order valence-corrected chi connectivity index (χ3v) is 3.38. The van der Waals surface area contributed by atoms with Gasteiger partial charge in [-0.1, -0.05) is 30.4 Å². The van der Waals surface area contributed by atoms with Crippen LogP contribution in [0.4, 0.5) is 0 Å². The molecule has 0 spiro atoms. The van der Waals surface area contributed by atoms with Gasteiger partial charge in [0.05, 0.1) is 16.2 Å². The van der Waals surface area contributed by atoms with E-state index in [0.717, 1.165) is 20.9 Å². The zero-order valence-electron chi connectivity index (χ0n) is 9.75. The molecule has 0 atom stereocenters. The van der Waals surface area contributed by atoms with Crippen LogP contribution < -0.4 is 5.73 Å². The van der Waals surface area contributed by atoms with Gasteiger partial charge < -0.3 is 5.73 Å². The second kappa shape index (κ2) is 4.71. The molecule has 3 aromatic rings. The van der Waals surface area contributed by atoms with Gasteiger partial charge in [0.1, 0.15) is 4.99 Å². The summed E-state index contributed by atoms with van der Waals surface area (Å²) < 4.78 is 2.57. The molecule has 3 rings (SSSR count). The van der Waals surface area contributed by atoms with Crippen LogP contribution in [0.5, 0.6) is 0 Å². The molecule has 2 heterocycles. The lowest BCUT2D eigenvalue weighted by Crippen LogP contribution is -2.12. The van der Waals surface area contributed by atoms with Crippen molar-refractivity contribution in [1.82, 2.24) is 14.8 Å². The van der Waals surface area contributed by atoms with Crippen LogP contribution in [0.15, 0.2) is 47.2 Å². The van der Waals surface area contributed by atoms with Crippen LogP contribution in [0.25, 0.3) is 16.7 Å². The maximum Gasteiger partial charge on any atom is 0.154 e. The molecular weight excluding hydrogens is 324 g/mol. The molecule has 2 N–H and O–H groups in total. The van der Waals surface area contributed by atoms with Gasteiger partial charge in [0, 0.05) is 17.1 Å². The van der Waals surface area contributed by atoms with Gasteiger partial charge in [0.2, 0.25) is 0 Å². The van der Waals surface area contributed by atoms with E-state index in [1.165, 1.54) is 0 Å². The predicted molar refractivity (Wildman–Crippen MR) is 82.5 cm³/mol. The van der Waals surface area contributed by atoms with Crippen LogP contribution in [0, 0.1) is 0 Å². The minimum Gasteiger partial charge on any atom is -0.389 e. The summed E-state index contributed by atoms with van der Waals surface area (Å²) in [6, 6.07) is 9.61. The highest BCUT2D eigenvalue weighted by Crippen LogP contribution is 2.20. The Labute approximate surface area is 123 Å². The molecule has 94 valence electrons. The number of nitrogens with two attached hydrogens (primary N) is 1. The topological polar surface area (TPSA) is 56.7 Å². The van der Waals surface area contributed by atoms with Crippen LogP contribution in [0.1, 0.15) is 5.56 Å². The summed E-state index contributed by atoms with van der Waals surface area (Å²) in [7, 11) is 0. The van der Waals surface area contributed by atoms with Crippen LogP contribution >= 0.6 is 28.1 Å². The first-order valence-electron chi connectivity index (χ1n) is 5.55. The molecule has 2 aromatic heterocycles. The van der Waals surface area contributed by atoms with Crippen molar-refractivity contribution in [1.29, 1.82) is 0 Å². The highest BCUT2D eigenvalue weighted by atomic mass is 79.9. The fourth-order valence-corrected chi connectivity index (χ4v) is 2.36. The molecule has 0 radical (unpaired) electrons. The Morgan fingerprint density at radius 2 is 2.11 bits per heavy atom. The Hall–Kier alpha value is -1.79. The highest BCUT2D eigenvalue weighted by molar-refractivity contribution is 9.10. The van der Waals surface area contributed by atoms with Gasteiger partial charge in [0.25, 0.3) is 0 Å². The van der Waals surface area contributed by atoms with E-state index in [4.69, 9.17) is 18.0 Å². The van der Waals surface area contributed by atoms with Gasteiger partial charge in [-0.25, -0.2) is 9.67 Å². The molecule has 0 aliphatic rings. The maximum absolute atomic E-state index is 5.80. The molecule has 1 aromatic carbocycles. The van der Waals surface area contributed by atoms with E-state index in [1.807, 2.05) is 36.5 Å². The molecule has 4 nitrogen and oxygen atoms in total. The van der Waals surface area contributed by atoms with E-state index in [-0.39, 0.29) is 0 Å². The largest absolute Gasteiger partial charge is 0.389 e. The summed E-state index contributed by atoms with van der Waals surface area (Å²) in [6.45, 7) is 0. The number of nitrogens with zero attached hydrogens (tertiary/aromatic N) is 3. The zero-order chi connectivity index (χ0) is 13.4. The molecule has 0 saturated carbocycles. The van der Waals surface area contributed by atoms with Crippen LogP contribution in [-0.4, -0.2) is 19.8 Å². The second-order valence-electron chi connectivity index (χ2n) is 4.01. The summed E-state index contributed by atoms with van der Waals surface area (Å²) in [5.41, 5.74) is 7.45. The van der Waals surface area contributed by atoms with Crippen molar-refractivity contribution < 1.29 is 0 Å². The Morgan fingerprint density at radius 3 is 2.79 bits per heavy atom. The molecule has 0 aliphatic heterocycles. The van der Waals surface area contributed by atoms with Crippen LogP contribution in [-0.2, 0) is 0 Å². The molecule has 0 amide bonds. The first-order valence-corrected chi connectivity index (χ1v) is 6.75. The summed E-state index contributed by atoms with van der Waals surface area (Å²) >= 11 is 8.48. The molecule has 6 heteroatoms. The lowest BCUT2D eigenvalue weighted by Gasteiger charge is -2.08. The van der Waals surface area contributed by atoms with E-state index in [9.17, 15) is 0 Å². The van der Waals surface area contributed by atoms with Crippen LogP contribution in [0.3, 0.4) is 0 Å². The first-order chi connectivity index (χ1) is 9.15. The van der Waals surface area contributed by atoms with E-state index < -0.39 is 0 Å².